The fourth-order valence-electron chi connectivity index (χ4n) is 2.73. The maximum absolute atomic E-state index is 12.2. The highest BCUT2D eigenvalue weighted by Gasteiger charge is 2.41. The second kappa shape index (κ2) is 14.3. The van der Waals surface area contributed by atoms with Crippen LogP contribution in [-0.2, 0) is 23.9 Å². The maximum atomic E-state index is 12.2. The molecule has 0 amide bonds. The highest BCUT2D eigenvalue weighted by Crippen LogP contribution is 2.14. The van der Waals surface area contributed by atoms with Crippen molar-refractivity contribution < 1.29 is 48.8 Å². The number of esters is 2. The first-order chi connectivity index (χ1) is 17.3. The van der Waals surface area contributed by atoms with Crippen LogP contribution in [0.3, 0.4) is 0 Å². The van der Waals surface area contributed by atoms with E-state index in [9.17, 15) is 34.2 Å². The highest BCUT2D eigenvalue weighted by atomic mass is 16.6. The normalized spacial score (nSPS) is 13.5. The molecule has 11 heteroatoms. The van der Waals surface area contributed by atoms with Gasteiger partial charge in [0.25, 0.3) is 0 Å². The van der Waals surface area contributed by atoms with Crippen LogP contribution in [0.1, 0.15) is 52.1 Å². The molecule has 200 valence electrons. The molecule has 2 rings (SSSR count). The number of rotatable bonds is 10. The average Bonchev–Trinajstić information content (AvgIpc) is 2.85. The van der Waals surface area contributed by atoms with Crippen molar-refractivity contribution in [3.8, 4) is 0 Å². The van der Waals surface area contributed by atoms with Crippen LogP contribution >= 0.6 is 0 Å². The monoisotopic (exact) mass is 517 g/mol. The summed E-state index contributed by atoms with van der Waals surface area (Å²) in [6.07, 6.45) is -3.63. The number of aryl methyl sites for hydroxylation is 2. The molecule has 0 spiro atoms. The Balaban J connectivity index is 0.000000649. The number of nitrogens with two attached hydrogens (primary N) is 1. The Hall–Kier alpha value is -4.25. The van der Waals surface area contributed by atoms with Crippen LogP contribution < -0.4 is 5.73 Å². The molecular weight excluding hydrogens is 486 g/mol. The van der Waals surface area contributed by atoms with Gasteiger partial charge in [0, 0.05) is 0 Å². The topological polar surface area (TPSA) is 191 Å². The molecule has 11 nitrogen and oxygen atoms in total. The van der Waals surface area contributed by atoms with E-state index in [1.54, 1.807) is 38.1 Å². The molecule has 37 heavy (non-hydrogen) atoms. The van der Waals surface area contributed by atoms with Crippen LogP contribution in [0, 0.1) is 19.8 Å². The second-order valence-corrected chi connectivity index (χ2v) is 8.31. The summed E-state index contributed by atoms with van der Waals surface area (Å²) in [5.74, 6) is -6.46. The molecule has 0 fully saturated rings. The first-order valence-electron chi connectivity index (χ1n) is 11.3. The van der Waals surface area contributed by atoms with Crippen LogP contribution in [0.2, 0.25) is 0 Å². The number of hydrogen-bond donors (Lipinski definition) is 4. The van der Waals surface area contributed by atoms with E-state index < -0.39 is 48.1 Å². The van der Waals surface area contributed by atoms with Crippen molar-refractivity contribution in [1.82, 2.24) is 0 Å². The average molecular weight is 518 g/mol. The zero-order chi connectivity index (χ0) is 28.3. The zero-order valence-corrected chi connectivity index (χ0v) is 20.9. The summed E-state index contributed by atoms with van der Waals surface area (Å²) < 4.78 is 9.64. The number of ether oxygens (including phenoxy) is 2. The van der Waals surface area contributed by atoms with Crippen LogP contribution in [0.4, 0.5) is 0 Å². The SMILES string of the molecule is CC[C@H](C)[C@@H](N)C(=O)O.Cc1ccc(C(=O)O[C@H](C(=O)O)[C@H](OC(=O)c2ccc(C)cc2)C(=O)O)cc1. The molecule has 4 atom stereocenters. The van der Waals surface area contributed by atoms with Gasteiger partial charge >= 0.3 is 29.8 Å². The molecule has 0 saturated heterocycles. The van der Waals surface area contributed by atoms with Gasteiger partial charge < -0.3 is 30.5 Å². The van der Waals surface area contributed by atoms with Crippen LogP contribution in [0.5, 0.6) is 0 Å². The van der Waals surface area contributed by atoms with E-state index in [0.29, 0.717) is 0 Å². The third-order valence-corrected chi connectivity index (χ3v) is 5.35. The Kier molecular flexibility index (Phi) is 11.9. The van der Waals surface area contributed by atoms with Crippen molar-refractivity contribution in [2.75, 3.05) is 0 Å². The summed E-state index contributed by atoms with van der Waals surface area (Å²) in [7, 11) is 0. The summed E-state index contributed by atoms with van der Waals surface area (Å²) in [5.41, 5.74) is 7.06. The standard InChI is InChI=1S/C20H18O8.C6H13NO2/c1-11-3-7-13(8-4-11)19(25)27-15(17(21)22)16(18(23)24)28-20(26)14-9-5-12(2)6-10-14;1-3-4(2)5(7)6(8)9/h3-10,15-16H,1-2H3,(H,21,22)(H,23,24);4-5H,3,7H2,1-2H3,(H,8,9)/t15-,16-;4-,5+/m00/s1. The molecule has 0 unspecified atom stereocenters. The fourth-order valence-corrected chi connectivity index (χ4v) is 2.73. The molecule has 0 aliphatic rings. The van der Waals surface area contributed by atoms with Gasteiger partial charge in [0.05, 0.1) is 11.1 Å². The molecule has 0 aromatic heterocycles. The van der Waals surface area contributed by atoms with Crippen molar-refractivity contribution in [1.29, 1.82) is 0 Å². The van der Waals surface area contributed by atoms with Gasteiger partial charge in [-0.25, -0.2) is 19.2 Å². The smallest absolute Gasteiger partial charge is 0.349 e. The minimum absolute atomic E-state index is 0.0332. The molecule has 2 aromatic rings. The maximum Gasteiger partial charge on any atom is 0.349 e. The molecule has 5 N–H and O–H groups in total. The van der Waals surface area contributed by atoms with Crippen molar-refractivity contribution in [3.63, 3.8) is 0 Å². The van der Waals surface area contributed by atoms with E-state index in [4.69, 9.17) is 20.3 Å². The van der Waals surface area contributed by atoms with Gasteiger partial charge in [-0.15, -0.1) is 0 Å². The lowest BCUT2D eigenvalue weighted by atomic mass is 10.0. The third kappa shape index (κ3) is 9.73. The molecule has 0 bridgehead atoms. The van der Waals surface area contributed by atoms with E-state index >= 15 is 0 Å². The summed E-state index contributed by atoms with van der Waals surface area (Å²) >= 11 is 0. The summed E-state index contributed by atoms with van der Waals surface area (Å²) in [5, 5.41) is 27.0. The lowest BCUT2D eigenvalue weighted by Crippen LogP contribution is -2.45. The number of hydrogen-bond acceptors (Lipinski definition) is 8. The van der Waals surface area contributed by atoms with Crippen LogP contribution in [0.25, 0.3) is 0 Å². The first kappa shape index (κ1) is 30.8. The molecule has 0 aliphatic heterocycles. The summed E-state index contributed by atoms with van der Waals surface area (Å²) in [4.78, 5) is 57.5. The van der Waals surface area contributed by atoms with Gasteiger partial charge in [-0.2, -0.15) is 0 Å². The predicted molar refractivity (Wildman–Crippen MR) is 131 cm³/mol. The molecular formula is C26H31NO10. The van der Waals surface area contributed by atoms with E-state index in [1.165, 1.54) is 24.3 Å². The third-order valence-electron chi connectivity index (χ3n) is 5.35. The van der Waals surface area contributed by atoms with Crippen molar-refractivity contribution in [2.24, 2.45) is 11.7 Å². The lowest BCUT2D eigenvalue weighted by Gasteiger charge is -2.21. The van der Waals surface area contributed by atoms with Gasteiger partial charge in [-0.1, -0.05) is 55.7 Å². The van der Waals surface area contributed by atoms with E-state index in [0.717, 1.165) is 17.5 Å². The van der Waals surface area contributed by atoms with Gasteiger partial charge in [-0.05, 0) is 44.0 Å². The fraction of sp³-hybridized carbons (Fsp3) is 0.346. The molecule has 0 heterocycles. The van der Waals surface area contributed by atoms with E-state index in [1.807, 2.05) is 13.8 Å². The number of aliphatic carboxylic acids is 3. The lowest BCUT2D eigenvalue weighted by molar-refractivity contribution is -0.166. The number of carbonyl (C=O) groups excluding carboxylic acids is 2. The number of carboxylic acids is 3. The van der Waals surface area contributed by atoms with Gasteiger partial charge in [-0.3, -0.25) is 4.79 Å². The quantitative estimate of drug-likeness (QED) is 0.339. The predicted octanol–water partition coefficient (Wildman–Crippen LogP) is 2.67. The second-order valence-electron chi connectivity index (χ2n) is 8.31. The molecule has 2 aromatic carbocycles. The zero-order valence-electron chi connectivity index (χ0n) is 20.9. The Labute approximate surface area is 213 Å². The minimum Gasteiger partial charge on any atom is -0.480 e. The van der Waals surface area contributed by atoms with Crippen molar-refractivity contribution in [3.05, 3.63) is 70.8 Å². The first-order valence-corrected chi connectivity index (χ1v) is 11.3. The van der Waals surface area contributed by atoms with Crippen molar-refractivity contribution in [2.45, 2.75) is 52.4 Å². The van der Waals surface area contributed by atoms with Gasteiger partial charge in [0.2, 0.25) is 12.2 Å². The molecule has 0 aliphatic carbocycles. The Morgan fingerprint density at radius 1 is 0.703 bits per heavy atom. The highest BCUT2D eigenvalue weighted by molar-refractivity contribution is 5.95. The largest absolute Gasteiger partial charge is 0.480 e. The Bertz CT molecular complexity index is 1020. The number of carboxylic acid groups (broad SMARTS) is 3. The molecule has 0 radical (unpaired) electrons. The van der Waals surface area contributed by atoms with Crippen LogP contribution in [-0.4, -0.2) is 63.4 Å². The van der Waals surface area contributed by atoms with Gasteiger partial charge in [0.15, 0.2) is 0 Å². The Morgan fingerprint density at radius 3 is 1.24 bits per heavy atom. The van der Waals surface area contributed by atoms with Crippen molar-refractivity contribution >= 4 is 29.8 Å². The van der Waals surface area contributed by atoms with E-state index in [2.05, 4.69) is 0 Å². The number of benzene rings is 2. The minimum atomic E-state index is -2.22. The van der Waals surface area contributed by atoms with E-state index in [-0.39, 0.29) is 17.0 Å². The summed E-state index contributed by atoms with van der Waals surface area (Å²) in [6, 6.07) is 11.4. The summed E-state index contributed by atoms with van der Waals surface area (Å²) in [6.45, 7) is 7.34. The Morgan fingerprint density at radius 2 is 1.03 bits per heavy atom. The van der Waals surface area contributed by atoms with Crippen LogP contribution in [0.15, 0.2) is 48.5 Å². The van der Waals surface area contributed by atoms with Gasteiger partial charge in [0.1, 0.15) is 6.04 Å². The number of carbonyl (C=O) groups is 5. The molecule has 0 saturated carbocycles.